The number of aromatic nitrogens is 1. The van der Waals surface area contributed by atoms with Crippen LogP contribution in [-0.4, -0.2) is 33.6 Å². The largest absolute Gasteiger partial charge is 0.496 e. The van der Waals surface area contributed by atoms with Gasteiger partial charge in [-0.25, -0.2) is 0 Å². The molecule has 0 aromatic carbocycles. The summed E-state index contributed by atoms with van der Waals surface area (Å²) in [6.45, 7) is 11.5. The fraction of sp³-hybridized carbons (Fsp3) is 0.667. The third-order valence-corrected chi connectivity index (χ3v) is 4.09. The highest BCUT2D eigenvalue weighted by molar-refractivity contribution is 6.62. The maximum absolute atomic E-state index is 11.9. The van der Waals surface area contributed by atoms with Crippen LogP contribution in [0.1, 0.15) is 41.5 Å². The Hall–Kier alpha value is -1.11. The van der Waals surface area contributed by atoms with Crippen LogP contribution in [0.25, 0.3) is 0 Å². The van der Waals surface area contributed by atoms with E-state index in [1.54, 1.807) is 26.1 Å². The number of aliphatic hydroxyl groups is 1. The summed E-state index contributed by atoms with van der Waals surface area (Å²) in [5.41, 5.74) is -1.18. The van der Waals surface area contributed by atoms with Gasteiger partial charge < -0.3 is 19.0 Å². The van der Waals surface area contributed by atoms with Crippen molar-refractivity contribution in [2.45, 2.75) is 64.9 Å². The Balaban J connectivity index is 2.31. The number of rotatable bonds is 3. The lowest BCUT2D eigenvalue weighted by Crippen LogP contribution is -2.41. The van der Waals surface area contributed by atoms with Crippen LogP contribution >= 0.6 is 0 Å². The molecule has 0 atom stereocenters. The summed E-state index contributed by atoms with van der Waals surface area (Å²) in [5.74, 6) is 0. The van der Waals surface area contributed by atoms with Gasteiger partial charge in [-0.3, -0.25) is 4.79 Å². The summed E-state index contributed by atoms with van der Waals surface area (Å²) in [5, 5.41) is 9.90. The molecule has 0 amide bonds. The summed E-state index contributed by atoms with van der Waals surface area (Å²) in [4.78, 5) is 11.9. The molecule has 1 aliphatic rings. The quantitative estimate of drug-likeness (QED) is 0.842. The van der Waals surface area contributed by atoms with Crippen LogP contribution < -0.4 is 11.0 Å². The van der Waals surface area contributed by atoms with E-state index in [4.69, 9.17) is 9.31 Å². The lowest BCUT2D eigenvalue weighted by molar-refractivity contribution is 0.00578. The van der Waals surface area contributed by atoms with Crippen molar-refractivity contribution in [3.8, 4) is 0 Å². The van der Waals surface area contributed by atoms with Gasteiger partial charge in [-0.05, 0) is 47.0 Å². The molecular weight excluding hydrogens is 269 g/mol. The van der Waals surface area contributed by atoms with Crippen molar-refractivity contribution in [1.29, 1.82) is 0 Å². The standard InChI is InChI=1S/C15H24BNO4/c1-13(2,19)10-17-9-11(7-8-12(17)18)16-20-14(3,4)15(5,6)21-16/h7-9,19H,10H2,1-6H3. The highest BCUT2D eigenvalue weighted by atomic mass is 16.7. The van der Waals surface area contributed by atoms with Crippen molar-refractivity contribution in [3.05, 3.63) is 28.7 Å². The molecule has 1 aromatic heterocycles. The van der Waals surface area contributed by atoms with Gasteiger partial charge in [-0.2, -0.15) is 0 Å². The third-order valence-electron chi connectivity index (χ3n) is 4.09. The zero-order chi connectivity index (χ0) is 16.1. The van der Waals surface area contributed by atoms with Gasteiger partial charge in [0.2, 0.25) is 0 Å². The SMILES string of the molecule is CC(C)(O)Cn1cc(B2OC(C)(C)C(C)(C)O2)ccc1=O. The Kier molecular flexibility index (Phi) is 3.85. The lowest BCUT2D eigenvalue weighted by Gasteiger charge is -2.32. The first-order chi connectivity index (χ1) is 9.41. The van der Waals surface area contributed by atoms with Crippen molar-refractivity contribution in [1.82, 2.24) is 4.57 Å². The molecule has 1 saturated heterocycles. The molecule has 1 aliphatic heterocycles. The molecule has 0 unspecified atom stereocenters. The van der Waals surface area contributed by atoms with Gasteiger partial charge >= 0.3 is 7.12 Å². The first-order valence-electron chi connectivity index (χ1n) is 7.20. The number of hydrogen-bond donors (Lipinski definition) is 1. The fourth-order valence-electron chi connectivity index (χ4n) is 2.21. The molecule has 0 bridgehead atoms. The smallest absolute Gasteiger partial charge is 0.399 e. The minimum Gasteiger partial charge on any atom is -0.399 e. The summed E-state index contributed by atoms with van der Waals surface area (Å²) < 4.78 is 13.4. The number of hydrogen-bond acceptors (Lipinski definition) is 4. The van der Waals surface area contributed by atoms with Gasteiger partial charge in [0.1, 0.15) is 0 Å². The second kappa shape index (κ2) is 4.97. The summed E-state index contributed by atoms with van der Waals surface area (Å²) in [7, 11) is -0.511. The summed E-state index contributed by atoms with van der Waals surface area (Å²) >= 11 is 0. The van der Waals surface area contributed by atoms with Gasteiger partial charge in [0.05, 0.1) is 23.3 Å². The van der Waals surface area contributed by atoms with Crippen molar-refractivity contribution in [3.63, 3.8) is 0 Å². The van der Waals surface area contributed by atoms with E-state index in [9.17, 15) is 9.90 Å². The molecule has 0 aliphatic carbocycles. The van der Waals surface area contributed by atoms with Crippen molar-refractivity contribution >= 4 is 12.6 Å². The van der Waals surface area contributed by atoms with Crippen LogP contribution in [0.15, 0.2) is 23.1 Å². The maximum Gasteiger partial charge on any atom is 0.496 e. The molecule has 1 N–H and O–H groups in total. The zero-order valence-electron chi connectivity index (χ0n) is 13.6. The van der Waals surface area contributed by atoms with Crippen LogP contribution in [0.2, 0.25) is 0 Å². The average molecular weight is 293 g/mol. The molecule has 6 heteroatoms. The van der Waals surface area contributed by atoms with E-state index in [-0.39, 0.29) is 12.1 Å². The van der Waals surface area contributed by atoms with E-state index in [1.165, 1.54) is 10.6 Å². The number of pyridine rings is 1. The Labute approximate surface area is 126 Å². The van der Waals surface area contributed by atoms with E-state index in [0.717, 1.165) is 5.46 Å². The van der Waals surface area contributed by atoms with Crippen LogP contribution in [0.5, 0.6) is 0 Å². The topological polar surface area (TPSA) is 60.7 Å². The van der Waals surface area contributed by atoms with E-state index < -0.39 is 23.9 Å². The van der Waals surface area contributed by atoms with Gasteiger partial charge in [-0.1, -0.05) is 6.07 Å². The first-order valence-corrected chi connectivity index (χ1v) is 7.20. The highest BCUT2D eigenvalue weighted by Gasteiger charge is 2.51. The summed E-state index contributed by atoms with van der Waals surface area (Å²) in [6.07, 6.45) is 1.70. The molecule has 21 heavy (non-hydrogen) atoms. The average Bonchev–Trinajstić information content (AvgIpc) is 2.49. The van der Waals surface area contributed by atoms with Gasteiger partial charge in [-0.15, -0.1) is 0 Å². The minimum atomic E-state index is -0.960. The Morgan fingerprint density at radius 3 is 2.19 bits per heavy atom. The molecule has 2 heterocycles. The predicted octanol–water partition coefficient (Wildman–Crippen LogP) is 0.918. The maximum atomic E-state index is 11.9. The van der Waals surface area contributed by atoms with E-state index in [2.05, 4.69) is 0 Å². The number of nitrogens with zero attached hydrogens (tertiary/aromatic N) is 1. The first kappa shape index (κ1) is 16.3. The van der Waals surface area contributed by atoms with Crippen molar-refractivity contribution < 1.29 is 14.4 Å². The second-order valence-electron chi connectivity index (χ2n) is 7.33. The zero-order valence-corrected chi connectivity index (χ0v) is 13.6. The van der Waals surface area contributed by atoms with Gasteiger partial charge in [0.25, 0.3) is 5.56 Å². The Bertz CT molecular complexity index is 570. The van der Waals surface area contributed by atoms with Gasteiger partial charge in [0.15, 0.2) is 0 Å². The van der Waals surface area contributed by atoms with Crippen LogP contribution in [0, 0.1) is 0 Å². The van der Waals surface area contributed by atoms with Crippen molar-refractivity contribution in [2.75, 3.05) is 0 Å². The summed E-state index contributed by atoms with van der Waals surface area (Å²) in [6, 6.07) is 3.19. The monoisotopic (exact) mass is 293 g/mol. The van der Waals surface area contributed by atoms with Crippen molar-refractivity contribution in [2.24, 2.45) is 0 Å². The molecular formula is C15H24BNO4. The highest BCUT2D eigenvalue weighted by Crippen LogP contribution is 2.36. The molecule has 0 radical (unpaired) electrons. The lowest BCUT2D eigenvalue weighted by atomic mass is 9.80. The molecule has 0 saturated carbocycles. The molecule has 1 aromatic rings. The third kappa shape index (κ3) is 3.39. The van der Waals surface area contributed by atoms with E-state index in [0.29, 0.717) is 0 Å². The molecule has 116 valence electrons. The Morgan fingerprint density at radius 2 is 1.71 bits per heavy atom. The van der Waals surface area contributed by atoms with Crippen LogP contribution in [0.4, 0.5) is 0 Å². The normalized spacial score (nSPS) is 20.8. The molecule has 2 rings (SSSR count). The van der Waals surface area contributed by atoms with Gasteiger partial charge in [0, 0.05) is 12.3 Å². The Morgan fingerprint density at radius 1 is 1.19 bits per heavy atom. The minimum absolute atomic E-state index is 0.155. The fourth-order valence-corrected chi connectivity index (χ4v) is 2.21. The second-order valence-corrected chi connectivity index (χ2v) is 7.33. The van der Waals surface area contributed by atoms with Crippen LogP contribution in [0.3, 0.4) is 0 Å². The predicted molar refractivity (Wildman–Crippen MR) is 82.7 cm³/mol. The molecule has 0 spiro atoms. The molecule has 5 nitrogen and oxygen atoms in total. The van der Waals surface area contributed by atoms with E-state index >= 15 is 0 Å². The molecule has 1 fully saturated rings. The van der Waals surface area contributed by atoms with Crippen LogP contribution in [-0.2, 0) is 15.9 Å². The van der Waals surface area contributed by atoms with E-state index in [1.807, 2.05) is 27.7 Å².